The first-order chi connectivity index (χ1) is 12.7. The van der Waals surface area contributed by atoms with Crippen LogP contribution in [0.3, 0.4) is 0 Å². The zero-order valence-electron chi connectivity index (χ0n) is 14.1. The van der Waals surface area contributed by atoms with Gasteiger partial charge in [0.05, 0.1) is 28.9 Å². The molecule has 2 aromatic carbocycles. The monoisotopic (exact) mass is 402 g/mol. The number of thioether (sulfide) groups is 1. The largest absolute Gasteiger partial charge is 0.346 e. The average Bonchev–Trinajstić information content (AvgIpc) is 2.67. The first kappa shape index (κ1) is 17.5. The standard InChI is InChI=1S/C19H16Cl2N4S/c1-26-19-22-10-13-11-24(17-15(20)8-5-9-16(17)21)12-25(18(13)23-19)14-6-3-2-4-7-14/h2-10H,11-12H2,1H3. The Morgan fingerprint density at radius 3 is 2.42 bits per heavy atom. The Kier molecular flexibility index (Phi) is 4.94. The lowest BCUT2D eigenvalue weighted by Gasteiger charge is -2.39. The summed E-state index contributed by atoms with van der Waals surface area (Å²) in [4.78, 5) is 13.5. The molecule has 0 atom stereocenters. The second kappa shape index (κ2) is 7.35. The molecule has 3 aromatic rings. The first-order valence-corrected chi connectivity index (χ1v) is 10.1. The van der Waals surface area contributed by atoms with Crippen LogP contribution < -0.4 is 9.80 Å². The van der Waals surface area contributed by atoms with Crippen LogP contribution in [-0.4, -0.2) is 22.9 Å². The molecule has 0 radical (unpaired) electrons. The number of hydrogen-bond donors (Lipinski definition) is 0. The quantitative estimate of drug-likeness (QED) is 0.419. The summed E-state index contributed by atoms with van der Waals surface area (Å²) < 4.78 is 0. The highest BCUT2D eigenvalue weighted by Crippen LogP contribution is 2.39. The van der Waals surface area contributed by atoms with E-state index >= 15 is 0 Å². The molecule has 26 heavy (non-hydrogen) atoms. The third-order valence-corrected chi connectivity index (χ3v) is 5.42. The fourth-order valence-corrected chi connectivity index (χ4v) is 4.04. The van der Waals surface area contributed by atoms with Crippen LogP contribution in [0.4, 0.5) is 17.2 Å². The van der Waals surface area contributed by atoms with Crippen molar-refractivity contribution >= 4 is 52.2 Å². The van der Waals surface area contributed by atoms with Crippen molar-refractivity contribution in [3.8, 4) is 0 Å². The minimum absolute atomic E-state index is 0.602. The van der Waals surface area contributed by atoms with E-state index in [1.165, 1.54) is 11.8 Å². The summed E-state index contributed by atoms with van der Waals surface area (Å²) in [7, 11) is 0. The molecular weight excluding hydrogens is 387 g/mol. The van der Waals surface area contributed by atoms with Crippen LogP contribution >= 0.6 is 35.0 Å². The van der Waals surface area contributed by atoms with Gasteiger partial charge in [-0.05, 0) is 30.5 Å². The van der Waals surface area contributed by atoms with Gasteiger partial charge in [0, 0.05) is 17.4 Å². The van der Waals surface area contributed by atoms with Gasteiger partial charge in [0.1, 0.15) is 5.82 Å². The van der Waals surface area contributed by atoms with Crippen LogP contribution in [0.5, 0.6) is 0 Å². The minimum atomic E-state index is 0.602. The lowest BCUT2D eigenvalue weighted by molar-refractivity contribution is 0.721. The number of anilines is 3. The van der Waals surface area contributed by atoms with Gasteiger partial charge in [-0.25, -0.2) is 9.97 Å². The van der Waals surface area contributed by atoms with Crippen LogP contribution in [0.25, 0.3) is 0 Å². The first-order valence-electron chi connectivity index (χ1n) is 8.09. The molecule has 0 unspecified atom stereocenters. The van der Waals surface area contributed by atoms with E-state index in [1.54, 1.807) is 0 Å². The summed E-state index contributed by atoms with van der Waals surface area (Å²) >= 11 is 14.4. The van der Waals surface area contributed by atoms with Crippen molar-refractivity contribution in [2.24, 2.45) is 0 Å². The summed E-state index contributed by atoms with van der Waals surface area (Å²) in [6.07, 6.45) is 3.87. The number of hydrogen-bond acceptors (Lipinski definition) is 5. The second-order valence-electron chi connectivity index (χ2n) is 5.88. The van der Waals surface area contributed by atoms with Gasteiger partial charge in [-0.1, -0.05) is 59.2 Å². The van der Waals surface area contributed by atoms with E-state index in [4.69, 9.17) is 28.2 Å². The molecule has 7 heteroatoms. The molecule has 2 heterocycles. The highest BCUT2D eigenvalue weighted by molar-refractivity contribution is 7.98. The lowest BCUT2D eigenvalue weighted by Crippen LogP contribution is -2.41. The zero-order valence-corrected chi connectivity index (χ0v) is 16.4. The Hall–Kier alpha value is -1.95. The van der Waals surface area contributed by atoms with Gasteiger partial charge in [0.15, 0.2) is 5.16 Å². The van der Waals surface area contributed by atoms with Gasteiger partial charge in [-0.3, -0.25) is 0 Å². The topological polar surface area (TPSA) is 32.3 Å². The Bertz CT molecular complexity index is 916. The van der Waals surface area contributed by atoms with Crippen molar-refractivity contribution in [3.63, 3.8) is 0 Å². The molecule has 0 amide bonds. The smallest absolute Gasteiger partial charge is 0.189 e. The van der Waals surface area contributed by atoms with Gasteiger partial charge in [0.25, 0.3) is 0 Å². The Labute approximate surface area is 166 Å². The van der Waals surface area contributed by atoms with Gasteiger partial charge < -0.3 is 9.80 Å². The molecule has 4 nitrogen and oxygen atoms in total. The number of fused-ring (bicyclic) bond motifs is 1. The molecule has 0 saturated heterocycles. The van der Waals surface area contributed by atoms with Crippen LogP contribution in [0, 0.1) is 0 Å². The van der Waals surface area contributed by atoms with E-state index in [9.17, 15) is 0 Å². The van der Waals surface area contributed by atoms with Crippen LogP contribution in [0.2, 0.25) is 10.0 Å². The van der Waals surface area contributed by atoms with Crippen LogP contribution in [0.1, 0.15) is 5.56 Å². The third kappa shape index (κ3) is 3.22. The maximum absolute atomic E-state index is 6.45. The van der Waals surface area contributed by atoms with Crippen molar-refractivity contribution in [1.82, 2.24) is 9.97 Å². The number of benzene rings is 2. The molecule has 1 aromatic heterocycles. The number of aromatic nitrogens is 2. The van der Waals surface area contributed by atoms with Gasteiger partial charge in [-0.15, -0.1) is 0 Å². The third-order valence-electron chi connectivity index (χ3n) is 4.25. The Balaban J connectivity index is 1.83. The van der Waals surface area contributed by atoms with Crippen molar-refractivity contribution in [1.29, 1.82) is 0 Å². The van der Waals surface area contributed by atoms with Crippen molar-refractivity contribution in [2.75, 3.05) is 22.7 Å². The number of para-hydroxylation sites is 2. The van der Waals surface area contributed by atoms with E-state index in [0.717, 1.165) is 27.9 Å². The molecular formula is C19H16Cl2N4S. The molecule has 0 bridgehead atoms. The van der Waals surface area contributed by atoms with Gasteiger partial charge in [0.2, 0.25) is 0 Å². The fourth-order valence-electron chi connectivity index (χ4n) is 3.07. The highest BCUT2D eigenvalue weighted by atomic mass is 35.5. The predicted octanol–water partition coefficient (Wildman–Crippen LogP) is 5.62. The minimum Gasteiger partial charge on any atom is -0.346 e. The lowest BCUT2D eigenvalue weighted by atomic mass is 10.1. The predicted molar refractivity (Wildman–Crippen MR) is 110 cm³/mol. The molecule has 1 aliphatic rings. The SMILES string of the molecule is CSc1ncc2c(n1)N(c1ccccc1)CN(c1c(Cl)cccc1Cl)C2. The maximum atomic E-state index is 6.45. The van der Waals surface area contributed by atoms with Crippen molar-refractivity contribution in [2.45, 2.75) is 11.7 Å². The normalized spacial score (nSPS) is 13.7. The zero-order chi connectivity index (χ0) is 18.1. The van der Waals surface area contributed by atoms with Crippen LogP contribution in [0.15, 0.2) is 59.9 Å². The van der Waals surface area contributed by atoms with Crippen molar-refractivity contribution < 1.29 is 0 Å². The molecule has 0 fully saturated rings. The van der Waals surface area contributed by atoms with Crippen LogP contribution in [-0.2, 0) is 6.54 Å². The molecule has 132 valence electrons. The number of nitrogens with zero attached hydrogens (tertiary/aromatic N) is 4. The number of rotatable bonds is 3. The summed E-state index contributed by atoms with van der Waals surface area (Å²) in [5.41, 5.74) is 2.93. The summed E-state index contributed by atoms with van der Waals surface area (Å²) in [6.45, 7) is 1.25. The van der Waals surface area contributed by atoms with E-state index in [-0.39, 0.29) is 0 Å². The second-order valence-corrected chi connectivity index (χ2v) is 7.47. The Morgan fingerprint density at radius 2 is 1.73 bits per heavy atom. The summed E-state index contributed by atoms with van der Waals surface area (Å²) in [6, 6.07) is 15.8. The van der Waals surface area contributed by atoms with E-state index < -0.39 is 0 Å². The molecule has 1 aliphatic heterocycles. The molecule has 4 rings (SSSR count). The molecule has 0 spiro atoms. The van der Waals surface area contributed by atoms with Gasteiger partial charge in [-0.2, -0.15) is 0 Å². The summed E-state index contributed by atoms with van der Waals surface area (Å²) in [5, 5.41) is 2.03. The van der Waals surface area contributed by atoms with E-state index in [0.29, 0.717) is 23.3 Å². The fraction of sp³-hybridized carbons (Fsp3) is 0.158. The highest BCUT2D eigenvalue weighted by Gasteiger charge is 2.28. The molecule has 0 aliphatic carbocycles. The van der Waals surface area contributed by atoms with E-state index in [2.05, 4.69) is 26.9 Å². The Morgan fingerprint density at radius 1 is 1.00 bits per heavy atom. The molecule has 0 N–H and O–H groups in total. The van der Waals surface area contributed by atoms with Gasteiger partial charge >= 0.3 is 0 Å². The maximum Gasteiger partial charge on any atom is 0.189 e. The molecule has 0 saturated carbocycles. The number of halogens is 2. The van der Waals surface area contributed by atoms with Crippen molar-refractivity contribution in [3.05, 3.63) is 70.3 Å². The average molecular weight is 403 g/mol. The summed E-state index contributed by atoms with van der Waals surface area (Å²) in [5.74, 6) is 0.926. The van der Waals surface area contributed by atoms with E-state index in [1.807, 2.05) is 48.9 Å².